The predicted octanol–water partition coefficient (Wildman–Crippen LogP) is 1.24. The van der Waals surface area contributed by atoms with Gasteiger partial charge in [-0.25, -0.2) is 0 Å². The third kappa shape index (κ3) is 1.20. The van der Waals surface area contributed by atoms with Gasteiger partial charge >= 0.3 is 0 Å². The molecule has 2 aromatic heterocycles. The van der Waals surface area contributed by atoms with Crippen LogP contribution in [0.1, 0.15) is 6.42 Å². The van der Waals surface area contributed by atoms with Gasteiger partial charge in [0.05, 0.1) is 6.61 Å². The second-order valence-electron chi connectivity index (χ2n) is 3.58. The third-order valence-electron chi connectivity index (χ3n) is 2.60. The third-order valence-corrected chi connectivity index (χ3v) is 2.60. The number of nitrogens with zero attached hydrogens (tertiary/aromatic N) is 2. The van der Waals surface area contributed by atoms with E-state index >= 15 is 0 Å². The summed E-state index contributed by atoms with van der Waals surface area (Å²) < 4.78 is 7.37. The summed E-state index contributed by atoms with van der Waals surface area (Å²) in [6, 6.07) is 2.58. The number of nitrogens with one attached hydrogen (secondary N) is 1. The highest BCUT2D eigenvalue weighted by molar-refractivity contribution is 5.71. The van der Waals surface area contributed by atoms with Crippen molar-refractivity contribution >= 4 is 5.82 Å². The first kappa shape index (κ1) is 8.40. The number of rotatable bonds is 1. The van der Waals surface area contributed by atoms with E-state index in [9.17, 15) is 0 Å². The summed E-state index contributed by atoms with van der Waals surface area (Å²) >= 11 is 0. The van der Waals surface area contributed by atoms with Crippen LogP contribution in [0.4, 0.5) is 5.82 Å². The summed E-state index contributed by atoms with van der Waals surface area (Å²) in [4.78, 5) is 7.38. The first-order valence-electron chi connectivity index (χ1n) is 4.98. The second-order valence-corrected chi connectivity index (χ2v) is 3.58. The Labute approximate surface area is 86.9 Å². The first-order chi connectivity index (χ1) is 7.36. The van der Waals surface area contributed by atoms with Crippen LogP contribution in [0.3, 0.4) is 0 Å². The lowest BCUT2D eigenvalue weighted by Crippen LogP contribution is -2.15. The maximum atomic E-state index is 6.02. The van der Waals surface area contributed by atoms with Gasteiger partial charge in [-0.05, 0) is 12.5 Å². The van der Waals surface area contributed by atoms with Crippen molar-refractivity contribution in [2.45, 2.75) is 13.0 Å². The number of H-pyrrole nitrogens is 1. The van der Waals surface area contributed by atoms with Crippen molar-refractivity contribution in [1.29, 1.82) is 0 Å². The van der Waals surface area contributed by atoms with Crippen LogP contribution in [0, 0.1) is 0 Å². The fraction of sp³-hybridized carbons (Fsp3) is 0.300. The smallest absolute Gasteiger partial charge is 0.298 e. The van der Waals surface area contributed by atoms with Crippen molar-refractivity contribution < 1.29 is 4.74 Å². The highest BCUT2D eigenvalue weighted by Gasteiger charge is 2.19. The van der Waals surface area contributed by atoms with Gasteiger partial charge in [0.15, 0.2) is 0 Å². The molecule has 78 valence electrons. The Balaban J connectivity index is 2.13. The topological polar surface area (TPSA) is 68.9 Å². The lowest BCUT2D eigenvalue weighted by molar-refractivity contribution is 0.232. The standard InChI is InChI=1S/C10H12N4O/c11-9-8(7-2-3-12-6-7)13-10-14(9)4-1-5-15-10/h2-3,6,12H,1,4-5,11H2. The predicted molar refractivity (Wildman–Crippen MR) is 56.5 cm³/mol. The maximum Gasteiger partial charge on any atom is 0.298 e. The van der Waals surface area contributed by atoms with Crippen molar-refractivity contribution in [2.75, 3.05) is 12.3 Å². The molecule has 1 aliphatic rings. The minimum absolute atomic E-state index is 0.634. The van der Waals surface area contributed by atoms with Crippen LogP contribution in [0.2, 0.25) is 0 Å². The molecule has 0 radical (unpaired) electrons. The summed E-state index contributed by atoms with van der Waals surface area (Å²) in [6.45, 7) is 1.61. The molecule has 3 rings (SSSR count). The number of aromatic nitrogens is 3. The molecule has 0 saturated carbocycles. The van der Waals surface area contributed by atoms with Gasteiger partial charge < -0.3 is 15.5 Å². The number of fused-ring (bicyclic) bond motifs is 1. The van der Waals surface area contributed by atoms with Gasteiger partial charge in [0, 0.05) is 24.5 Å². The molecule has 1 aliphatic heterocycles. The molecule has 2 aromatic rings. The van der Waals surface area contributed by atoms with Gasteiger partial charge in [-0.1, -0.05) is 0 Å². The fourth-order valence-corrected chi connectivity index (χ4v) is 1.84. The Morgan fingerprint density at radius 3 is 3.20 bits per heavy atom. The van der Waals surface area contributed by atoms with Crippen molar-refractivity contribution in [2.24, 2.45) is 0 Å². The molecule has 0 aromatic carbocycles. The van der Waals surface area contributed by atoms with Crippen LogP contribution < -0.4 is 10.5 Å². The van der Waals surface area contributed by atoms with Crippen LogP contribution in [-0.2, 0) is 6.54 Å². The molecule has 0 bridgehead atoms. The number of hydrogen-bond donors (Lipinski definition) is 2. The van der Waals surface area contributed by atoms with Gasteiger partial charge in [0.25, 0.3) is 6.01 Å². The Morgan fingerprint density at radius 1 is 1.53 bits per heavy atom. The minimum atomic E-state index is 0.634. The molecule has 0 atom stereocenters. The molecule has 0 fully saturated rings. The first-order valence-corrected chi connectivity index (χ1v) is 4.98. The van der Waals surface area contributed by atoms with E-state index in [1.54, 1.807) is 0 Å². The average molecular weight is 204 g/mol. The lowest BCUT2D eigenvalue weighted by Gasteiger charge is -2.14. The number of ether oxygens (including phenoxy) is 1. The Bertz CT molecular complexity index is 472. The van der Waals surface area contributed by atoms with Crippen molar-refractivity contribution in [3.05, 3.63) is 18.5 Å². The number of imidazole rings is 1. The zero-order valence-electron chi connectivity index (χ0n) is 8.23. The Kier molecular flexibility index (Phi) is 1.71. The van der Waals surface area contributed by atoms with Gasteiger partial charge in [0.2, 0.25) is 0 Å². The van der Waals surface area contributed by atoms with Crippen LogP contribution in [0.5, 0.6) is 6.01 Å². The van der Waals surface area contributed by atoms with E-state index in [1.165, 1.54) is 0 Å². The molecule has 3 N–H and O–H groups in total. The van der Waals surface area contributed by atoms with Crippen molar-refractivity contribution in [3.63, 3.8) is 0 Å². The number of anilines is 1. The van der Waals surface area contributed by atoms with Crippen LogP contribution in [-0.4, -0.2) is 21.1 Å². The highest BCUT2D eigenvalue weighted by Crippen LogP contribution is 2.31. The molecule has 0 saturated heterocycles. The monoisotopic (exact) mass is 204 g/mol. The number of nitrogens with two attached hydrogens (primary N) is 1. The molecule has 0 aliphatic carbocycles. The summed E-state index contributed by atoms with van der Waals surface area (Å²) in [5, 5.41) is 0. The summed E-state index contributed by atoms with van der Waals surface area (Å²) in [7, 11) is 0. The highest BCUT2D eigenvalue weighted by atomic mass is 16.5. The quantitative estimate of drug-likeness (QED) is 0.734. The lowest BCUT2D eigenvalue weighted by atomic mass is 10.2. The summed E-state index contributed by atoms with van der Waals surface area (Å²) in [6.07, 6.45) is 4.72. The Hall–Kier alpha value is -1.91. The Morgan fingerprint density at radius 2 is 2.47 bits per heavy atom. The van der Waals surface area contributed by atoms with Crippen LogP contribution >= 0.6 is 0 Å². The maximum absolute atomic E-state index is 6.02. The van der Waals surface area contributed by atoms with Crippen LogP contribution in [0.25, 0.3) is 11.3 Å². The fourth-order valence-electron chi connectivity index (χ4n) is 1.84. The molecule has 5 heteroatoms. The molecule has 0 spiro atoms. The van der Waals surface area contributed by atoms with Gasteiger partial charge in [-0.2, -0.15) is 4.98 Å². The molecule has 0 amide bonds. The molecular formula is C10H12N4O. The molecule has 15 heavy (non-hydrogen) atoms. The largest absolute Gasteiger partial charge is 0.465 e. The van der Waals surface area contributed by atoms with Crippen LogP contribution in [0.15, 0.2) is 18.5 Å². The molecular weight excluding hydrogens is 192 g/mol. The normalized spacial score (nSPS) is 14.7. The number of aromatic amines is 1. The van der Waals surface area contributed by atoms with Gasteiger partial charge in [0.1, 0.15) is 11.5 Å². The zero-order chi connectivity index (χ0) is 10.3. The van der Waals surface area contributed by atoms with Gasteiger partial charge in [-0.15, -0.1) is 0 Å². The van der Waals surface area contributed by atoms with E-state index in [0.29, 0.717) is 11.8 Å². The summed E-state index contributed by atoms with van der Waals surface area (Å²) in [5.74, 6) is 0.685. The van der Waals surface area contributed by atoms with Crippen molar-refractivity contribution in [1.82, 2.24) is 14.5 Å². The second kappa shape index (κ2) is 3.05. The van der Waals surface area contributed by atoms with E-state index in [0.717, 1.165) is 30.8 Å². The van der Waals surface area contributed by atoms with Crippen molar-refractivity contribution in [3.8, 4) is 17.3 Å². The van der Waals surface area contributed by atoms with E-state index in [-0.39, 0.29) is 0 Å². The molecule has 5 nitrogen and oxygen atoms in total. The number of nitrogen functional groups attached to an aromatic ring is 1. The zero-order valence-corrected chi connectivity index (χ0v) is 8.23. The van der Waals surface area contributed by atoms with E-state index in [4.69, 9.17) is 10.5 Å². The van der Waals surface area contributed by atoms with Gasteiger partial charge in [-0.3, -0.25) is 4.57 Å². The summed E-state index contributed by atoms with van der Waals surface area (Å²) in [5.41, 5.74) is 7.82. The average Bonchev–Trinajstić information content (AvgIpc) is 2.87. The van der Waals surface area contributed by atoms with E-state index < -0.39 is 0 Å². The van der Waals surface area contributed by atoms with E-state index in [2.05, 4.69) is 9.97 Å². The molecule has 3 heterocycles. The minimum Gasteiger partial charge on any atom is -0.465 e. The SMILES string of the molecule is Nc1c(-c2cc[nH]c2)nc2n1CCCO2. The number of hydrogen-bond acceptors (Lipinski definition) is 3. The van der Waals surface area contributed by atoms with E-state index in [1.807, 2.05) is 23.0 Å². The molecule has 0 unspecified atom stereocenters.